The van der Waals surface area contributed by atoms with Crippen LogP contribution in [0.15, 0.2) is 54.6 Å². The lowest BCUT2D eigenvalue weighted by molar-refractivity contribution is -0.140. The molecule has 0 aliphatic carbocycles. The quantitative estimate of drug-likeness (QED) is 0.227. The summed E-state index contributed by atoms with van der Waals surface area (Å²) in [6.07, 6.45) is 9.80. The zero-order valence-corrected chi connectivity index (χ0v) is 19.9. The largest absolute Gasteiger partial charge is 0.481 e. The minimum absolute atomic E-state index is 0.0598. The highest BCUT2D eigenvalue weighted by molar-refractivity contribution is 7.99. The van der Waals surface area contributed by atoms with Crippen molar-refractivity contribution < 1.29 is 19.4 Å². The minimum atomic E-state index is -0.814. The number of thioether (sulfide) groups is 1. The fraction of sp³-hybridized carbons (Fsp3) is 0.481. The summed E-state index contributed by atoms with van der Waals surface area (Å²) >= 11 is 1.53. The molecule has 174 valence electrons. The Morgan fingerprint density at radius 2 is 1.50 bits per heavy atom. The highest BCUT2D eigenvalue weighted by atomic mass is 32.2. The van der Waals surface area contributed by atoms with Gasteiger partial charge in [-0.25, -0.2) is 0 Å². The molecular weight excluding hydrogens is 420 g/mol. The Hall–Kier alpha value is -2.27. The number of methoxy groups -OCH3 is 1. The van der Waals surface area contributed by atoms with Gasteiger partial charge in [0.2, 0.25) is 0 Å². The van der Waals surface area contributed by atoms with Crippen molar-refractivity contribution in [1.82, 2.24) is 0 Å². The molecule has 2 aromatic carbocycles. The van der Waals surface area contributed by atoms with Crippen LogP contribution in [0.1, 0.15) is 73.3 Å². The molecule has 5 heteroatoms. The lowest BCUT2D eigenvalue weighted by Gasteiger charge is -2.19. The number of carbonyl (C=O) groups is 2. The molecule has 0 fully saturated rings. The Kier molecular flexibility index (Phi) is 12.6. The van der Waals surface area contributed by atoms with Gasteiger partial charge in [0.1, 0.15) is 0 Å². The Bertz CT molecular complexity index is 806. The van der Waals surface area contributed by atoms with Crippen molar-refractivity contribution in [3.63, 3.8) is 0 Å². The number of rotatable bonds is 16. The number of aliphatic carboxylic acids is 1. The molecule has 1 N–H and O–H groups in total. The van der Waals surface area contributed by atoms with Gasteiger partial charge in [-0.3, -0.25) is 9.59 Å². The number of esters is 1. The summed E-state index contributed by atoms with van der Waals surface area (Å²) in [5.74, 6) is -0.517. The average Bonchev–Trinajstić information content (AvgIpc) is 2.80. The molecular formula is C27H36O4S. The fourth-order valence-corrected chi connectivity index (χ4v) is 5.12. The van der Waals surface area contributed by atoms with Crippen LogP contribution >= 0.6 is 11.8 Å². The molecule has 2 rings (SSSR count). The summed E-state index contributed by atoms with van der Waals surface area (Å²) < 4.78 is 4.70. The van der Waals surface area contributed by atoms with Crippen LogP contribution in [-0.2, 0) is 27.2 Å². The van der Waals surface area contributed by atoms with Crippen LogP contribution < -0.4 is 0 Å². The first-order valence-electron chi connectivity index (χ1n) is 11.6. The zero-order valence-electron chi connectivity index (χ0n) is 19.1. The molecule has 0 saturated heterocycles. The van der Waals surface area contributed by atoms with E-state index in [0.29, 0.717) is 12.2 Å². The van der Waals surface area contributed by atoms with Crippen molar-refractivity contribution in [2.24, 2.45) is 0 Å². The highest BCUT2D eigenvalue weighted by Crippen LogP contribution is 2.35. The van der Waals surface area contributed by atoms with E-state index >= 15 is 0 Å². The first-order chi connectivity index (χ1) is 15.6. The zero-order chi connectivity index (χ0) is 23.0. The van der Waals surface area contributed by atoms with E-state index in [9.17, 15) is 14.7 Å². The lowest BCUT2D eigenvalue weighted by atomic mass is 9.97. The molecule has 1 atom stereocenters. The summed E-state index contributed by atoms with van der Waals surface area (Å²) in [6, 6.07) is 18.8. The number of carbonyl (C=O) groups excluding carboxylic acids is 1. The van der Waals surface area contributed by atoms with Crippen LogP contribution in [0.4, 0.5) is 0 Å². The monoisotopic (exact) mass is 456 g/mol. The van der Waals surface area contributed by atoms with Gasteiger partial charge in [0.05, 0.1) is 20.0 Å². The smallest absolute Gasteiger partial charge is 0.306 e. The Labute approximate surface area is 196 Å². The molecule has 0 aromatic heterocycles. The first-order valence-corrected chi connectivity index (χ1v) is 12.7. The van der Waals surface area contributed by atoms with Crippen LogP contribution in [0.3, 0.4) is 0 Å². The van der Waals surface area contributed by atoms with Crippen molar-refractivity contribution in [2.45, 2.75) is 69.5 Å². The number of aryl methyl sites for hydroxylation is 2. The second-order valence-corrected chi connectivity index (χ2v) is 9.40. The predicted octanol–water partition coefficient (Wildman–Crippen LogP) is 6.62. The second-order valence-electron chi connectivity index (χ2n) is 8.09. The standard InChI is InChI=1S/C27H36O4S/c1-31-27(30)19-20-32-25(21-26(28)29)24-18-12-11-17-23(24)16-10-5-3-2-4-7-13-22-14-8-6-9-15-22/h6,8-9,11-12,14-15,17-18,25H,2-5,7,10,13,16,19-21H2,1H3,(H,28,29). The van der Waals surface area contributed by atoms with Crippen molar-refractivity contribution >= 4 is 23.7 Å². The molecule has 32 heavy (non-hydrogen) atoms. The van der Waals surface area contributed by atoms with Crippen LogP contribution in [0.25, 0.3) is 0 Å². The molecule has 0 heterocycles. The van der Waals surface area contributed by atoms with Gasteiger partial charge in [-0.15, -0.1) is 0 Å². The first kappa shape index (κ1) is 26.0. The van der Waals surface area contributed by atoms with Crippen molar-refractivity contribution in [3.05, 3.63) is 71.3 Å². The third kappa shape index (κ3) is 10.4. The van der Waals surface area contributed by atoms with E-state index < -0.39 is 5.97 Å². The van der Waals surface area contributed by atoms with Gasteiger partial charge in [0, 0.05) is 11.0 Å². The van der Waals surface area contributed by atoms with Crippen molar-refractivity contribution in [1.29, 1.82) is 0 Å². The van der Waals surface area contributed by atoms with Gasteiger partial charge < -0.3 is 9.84 Å². The summed E-state index contributed by atoms with van der Waals surface area (Å²) in [7, 11) is 1.38. The minimum Gasteiger partial charge on any atom is -0.481 e. The normalized spacial score (nSPS) is 11.8. The number of unbranched alkanes of at least 4 members (excludes halogenated alkanes) is 5. The van der Waals surface area contributed by atoms with E-state index in [-0.39, 0.29) is 17.6 Å². The van der Waals surface area contributed by atoms with Crippen LogP contribution in [-0.4, -0.2) is 29.9 Å². The number of hydrogen-bond acceptors (Lipinski definition) is 4. The van der Waals surface area contributed by atoms with E-state index in [0.717, 1.165) is 24.8 Å². The van der Waals surface area contributed by atoms with E-state index in [4.69, 9.17) is 4.74 Å². The van der Waals surface area contributed by atoms with Gasteiger partial charge >= 0.3 is 11.9 Å². The van der Waals surface area contributed by atoms with Crippen LogP contribution in [0, 0.1) is 0 Å². The summed E-state index contributed by atoms with van der Waals surface area (Å²) in [6.45, 7) is 0. The highest BCUT2D eigenvalue weighted by Gasteiger charge is 2.19. The number of ether oxygens (including phenoxy) is 1. The average molecular weight is 457 g/mol. The summed E-state index contributed by atoms with van der Waals surface area (Å²) in [5, 5.41) is 9.23. The maximum atomic E-state index is 11.4. The topological polar surface area (TPSA) is 63.6 Å². The third-order valence-electron chi connectivity index (χ3n) is 5.62. The SMILES string of the molecule is COC(=O)CCSC(CC(=O)O)c1ccccc1CCCCCCCCc1ccccc1. The maximum Gasteiger partial charge on any atom is 0.306 e. The van der Waals surface area contributed by atoms with Gasteiger partial charge in [0.15, 0.2) is 0 Å². The Balaban J connectivity index is 1.75. The van der Waals surface area contributed by atoms with Crippen molar-refractivity contribution in [2.75, 3.05) is 12.9 Å². The third-order valence-corrected chi connectivity index (χ3v) is 6.88. The van der Waals surface area contributed by atoms with Gasteiger partial charge in [0.25, 0.3) is 0 Å². The molecule has 0 amide bonds. The maximum absolute atomic E-state index is 11.4. The molecule has 0 spiro atoms. The summed E-state index contributed by atoms with van der Waals surface area (Å²) in [4.78, 5) is 22.8. The van der Waals surface area contributed by atoms with E-state index in [1.165, 1.54) is 62.1 Å². The van der Waals surface area contributed by atoms with Gasteiger partial charge in [-0.1, -0.05) is 80.3 Å². The van der Waals surface area contributed by atoms with E-state index in [1.54, 1.807) is 0 Å². The number of hydrogen-bond donors (Lipinski definition) is 1. The molecule has 0 radical (unpaired) electrons. The molecule has 0 aliphatic heterocycles. The Morgan fingerprint density at radius 3 is 2.19 bits per heavy atom. The van der Waals surface area contributed by atoms with Crippen LogP contribution in [0.5, 0.6) is 0 Å². The number of carboxylic acid groups (broad SMARTS) is 1. The van der Waals surface area contributed by atoms with Crippen molar-refractivity contribution in [3.8, 4) is 0 Å². The molecule has 0 aliphatic rings. The van der Waals surface area contributed by atoms with Gasteiger partial charge in [-0.05, 0) is 42.4 Å². The predicted molar refractivity (Wildman–Crippen MR) is 132 cm³/mol. The summed E-state index contributed by atoms with van der Waals surface area (Å²) in [5.41, 5.74) is 3.74. The Morgan fingerprint density at radius 1 is 0.875 bits per heavy atom. The van der Waals surface area contributed by atoms with E-state index in [2.05, 4.69) is 36.4 Å². The van der Waals surface area contributed by atoms with E-state index in [1.807, 2.05) is 18.2 Å². The number of benzene rings is 2. The molecule has 1 unspecified atom stereocenters. The van der Waals surface area contributed by atoms with Crippen LogP contribution in [0.2, 0.25) is 0 Å². The second kappa shape index (κ2) is 15.5. The molecule has 2 aromatic rings. The lowest BCUT2D eigenvalue weighted by Crippen LogP contribution is -2.08. The van der Waals surface area contributed by atoms with Gasteiger partial charge in [-0.2, -0.15) is 11.8 Å². The molecule has 0 saturated carbocycles. The molecule has 4 nitrogen and oxygen atoms in total. The molecule has 0 bridgehead atoms. The fourth-order valence-electron chi connectivity index (χ4n) is 3.88. The number of carboxylic acids is 1.